The minimum Gasteiger partial charge on any atom is -0.492 e. The molecule has 2 rings (SSSR count). The number of piperidine rings is 1. The van der Waals surface area contributed by atoms with E-state index in [4.69, 9.17) is 9.84 Å². The number of aliphatic hydroxyl groups is 1. The molecule has 18 heavy (non-hydrogen) atoms. The zero-order valence-electron chi connectivity index (χ0n) is 10.5. The van der Waals surface area contributed by atoms with Crippen molar-refractivity contribution in [2.24, 2.45) is 5.92 Å². The first-order chi connectivity index (χ1) is 8.78. The Hall–Kier alpha value is -1.13. The fourth-order valence-electron chi connectivity index (χ4n) is 2.24. The second-order valence-electron chi connectivity index (χ2n) is 4.77. The van der Waals surface area contributed by atoms with Crippen LogP contribution in [0.1, 0.15) is 12.8 Å². The van der Waals surface area contributed by atoms with Crippen molar-refractivity contribution in [3.05, 3.63) is 30.1 Å². The lowest BCUT2D eigenvalue weighted by atomic mass is 9.98. The number of hydrogen-bond donors (Lipinski definition) is 1. The fraction of sp³-hybridized carbons (Fsp3) is 0.571. The van der Waals surface area contributed by atoms with Crippen molar-refractivity contribution < 1.29 is 14.2 Å². The molecule has 1 heterocycles. The summed E-state index contributed by atoms with van der Waals surface area (Å²) in [5.74, 6) is 0.780. The summed E-state index contributed by atoms with van der Waals surface area (Å²) < 4.78 is 18.4. The van der Waals surface area contributed by atoms with Crippen LogP contribution in [0.4, 0.5) is 4.39 Å². The number of nitrogens with zero attached hydrogens (tertiary/aromatic N) is 1. The molecule has 3 nitrogen and oxygen atoms in total. The van der Waals surface area contributed by atoms with Gasteiger partial charge in [-0.25, -0.2) is 4.39 Å². The maximum Gasteiger partial charge on any atom is 0.126 e. The second kappa shape index (κ2) is 6.71. The van der Waals surface area contributed by atoms with Crippen LogP contribution in [0.2, 0.25) is 0 Å². The summed E-state index contributed by atoms with van der Waals surface area (Å²) >= 11 is 0. The maximum absolute atomic E-state index is 12.9. The van der Waals surface area contributed by atoms with E-state index in [1.807, 2.05) is 0 Å². The van der Waals surface area contributed by atoms with Gasteiger partial charge in [-0.3, -0.25) is 4.90 Å². The zero-order chi connectivity index (χ0) is 12.8. The Morgan fingerprint density at radius 2 is 2.11 bits per heavy atom. The van der Waals surface area contributed by atoms with Crippen LogP contribution in [0.5, 0.6) is 5.75 Å². The Balaban J connectivity index is 1.67. The van der Waals surface area contributed by atoms with E-state index in [9.17, 15) is 4.39 Å². The molecule has 1 aromatic rings. The molecule has 1 aromatic carbocycles. The van der Waals surface area contributed by atoms with Gasteiger partial charge in [-0.2, -0.15) is 0 Å². The van der Waals surface area contributed by atoms with E-state index in [-0.39, 0.29) is 5.82 Å². The first-order valence-electron chi connectivity index (χ1n) is 6.49. The lowest BCUT2D eigenvalue weighted by Crippen LogP contribution is -2.37. The first-order valence-corrected chi connectivity index (χ1v) is 6.49. The number of benzene rings is 1. The van der Waals surface area contributed by atoms with Crippen molar-refractivity contribution in [3.8, 4) is 5.75 Å². The molecule has 0 aliphatic carbocycles. The summed E-state index contributed by atoms with van der Waals surface area (Å²) in [4.78, 5) is 2.32. The molecule has 1 fully saturated rings. The van der Waals surface area contributed by atoms with Crippen molar-refractivity contribution >= 4 is 0 Å². The van der Waals surface area contributed by atoms with Gasteiger partial charge in [0.05, 0.1) is 0 Å². The highest BCUT2D eigenvalue weighted by molar-refractivity contribution is 5.22. The van der Waals surface area contributed by atoms with Gasteiger partial charge in [0.2, 0.25) is 0 Å². The highest BCUT2D eigenvalue weighted by Crippen LogP contribution is 2.16. The molecule has 1 N–H and O–H groups in total. The molecule has 1 saturated heterocycles. The maximum atomic E-state index is 12.9. The Morgan fingerprint density at radius 3 is 2.78 bits per heavy atom. The van der Waals surface area contributed by atoms with Gasteiger partial charge in [0.25, 0.3) is 0 Å². The Kier molecular flexibility index (Phi) is 4.96. The average molecular weight is 253 g/mol. The van der Waals surface area contributed by atoms with E-state index < -0.39 is 0 Å². The van der Waals surface area contributed by atoms with Gasteiger partial charge in [0.15, 0.2) is 0 Å². The standard InChI is InChI=1S/C14H20FNO2/c15-13-2-1-3-14(10-13)18-9-8-16-6-4-12(11-17)5-7-16/h1-3,10,12,17H,4-9,11H2. The van der Waals surface area contributed by atoms with Crippen LogP contribution in [-0.2, 0) is 0 Å². The molecule has 0 spiro atoms. The SMILES string of the molecule is OCC1CCN(CCOc2cccc(F)c2)CC1. The van der Waals surface area contributed by atoms with Crippen molar-refractivity contribution in [2.45, 2.75) is 12.8 Å². The van der Waals surface area contributed by atoms with Gasteiger partial charge in [-0.15, -0.1) is 0 Å². The van der Waals surface area contributed by atoms with Gasteiger partial charge in [0, 0.05) is 19.2 Å². The predicted octanol–water partition coefficient (Wildman–Crippen LogP) is 1.91. The first kappa shape index (κ1) is 13.3. The predicted molar refractivity (Wildman–Crippen MR) is 68.1 cm³/mol. The van der Waals surface area contributed by atoms with Crippen molar-refractivity contribution in [1.82, 2.24) is 4.90 Å². The minimum absolute atomic E-state index is 0.267. The van der Waals surface area contributed by atoms with Crippen LogP contribution in [0, 0.1) is 11.7 Å². The van der Waals surface area contributed by atoms with Gasteiger partial charge in [0.1, 0.15) is 18.2 Å². The second-order valence-corrected chi connectivity index (χ2v) is 4.77. The lowest BCUT2D eigenvalue weighted by Gasteiger charge is -2.30. The molecular weight excluding hydrogens is 233 g/mol. The van der Waals surface area contributed by atoms with E-state index in [0.29, 0.717) is 24.9 Å². The lowest BCUT2D eigenvalue weighted by molar-refractivity contribution is 0.118. The van der Waals surface area contributed by atoms with Gasteiger partial charge in [-0.1, -0.05) is 6.07 Å². The molecule has 0 saturated carbocycles. The number of rotatable bonds is 5. The highest BCUT2D eigenvalue weighted by Gasteiger charge is 2.17. The molecule has 4 heteroatoms. The van der Waals surface area contributed by atoms with E-state index in [1.54, 1.807) is 12.1 Å². The molecule has 0 aromatic heterocycles. The fourth-order valence-corrected chi connectivity index (χ4v) is 2.24. The number of likely N-dealkylation sites (tertiary alicyclic amines) is 1. The molecule has 0 unspecified atom stereocenters. The zero-order valence-corrected chi connectivity index (χ0v) is 10.5. The Morgan fingerprint density at radius 1 is 1.33 bits per heavy atom. The molecule has 0 bridgehead atoms. The van der Waals surface area contributed by atoms with Gasteiger partial charge < -0.3 is 9.84 Å². The van der Waals surface area contributed by atoms with Crippen LogP contribution < -0.4 is 4.74 Å². The third-order valence-electron chi connectivity index (χ3n) is 3.44. The molecular formula is C14H20FNO2. The summed E-state index contributed by atoms with van der Waals surface area (Å²) in [6.07, 6.45) is 2.10. The monoisotopic (exact) mass is 253 g/mol. The van der Waals surface area contributed by atoms with Crippen LogP contribution in [0.25, 0.3) is 0 Å². The summed E-state index contributed by atoms with van der Waals surface area (Å²) in [5, 5.41) is 9.05. The van der Waals surface area contributed by atoms with Crippen LogP contribution in [0.15, 0.2) is 24.3 Å². The molecule has 0 atom stereocenters. The smallest absolute Gasteiger partial charge is 0.126 e. The van der Waals surface area contributed by atoms with Gasteiger partial charge >= 0.3 is 0 Å². The number of aliphatic hydroxyl groups excluding tert-OH is 1. The largest absolute Gasteiger partial charge is 0.492 e. The van der Waals surface area contributed by atoms with Gasteiger partial charge in [-0.05, 0) is 44.0 Å². The van der Waals surface area contributed by atoms with E-state index in [1.165, 1.54) is 12.1 Å². The number of halogens is 1. The summed E-state index contributed by atoms with van der Waals surface area (Å²) in [5.41, 5.74) is 0. The van der Waals surface area contributed by atoms with Crippen molar-refractivity contribution in [2.75, 3.05) is 32.8 Å². The van der Waals surface area contributed by atoms with Crippen LogP contribution in [-0.4, -0.2) is 42.9 Å². The molecule has 0 amide bonds. The summed E-state index contributed by atoms with van der Waals surface area (Å²) in [7, 11) is 0. The third kappa shape index (κ3) is 3.96. The molecule has 100 valence electrons. The van der Waals surface area contributed by atoms with Crippen molar-refractivity contribution in [3.63, 3.8) is 0 Å². The normalized spacial score (nSPS) is 17.9. The number of hydrogen-bond acceptors (Lipinski definition) is 3. The molecule has 1 aliphatic heterocycles. The third-order valence-corrected chi connectivity index (χ3v) is 3.44. The average Bonchev–Trinajstić information content (AvgIpc) is 2.40. The van der Waals surface area contributed by atoms with Crippen LogP contribution in [0.3, 0.4) is 0 Å². The summed E-state index contributed by atoms with van der Waals surface area (Å²) in [6, 6.07) is 6.23. The quantitative estimate of drug-likeness (QED) is 0.870. The Labute approximate surface area is 107 Å². The summed E-state index contributed by atoms with van der Waals surface area (Å²) in [6.45, 7) is 3.75. The molecule has 1 aliphatic rings. The van der Waals surface area contributed by atoms with E-state index >= 15 is 0 Å². The van der Waals surface area contributed by atoms with Crippen molar-refractivity contribution in [1.29, 1.82) is 0 Å². The topological polar surface area (TPSA) is 32.7 Å². The van der Waals surface area contributed by atoms with Crippen LogP contribution >= 0.6 is 0 Å². The minimum atomic E-state index is -0.267. The Bertz CT molecular complexity index is 365. The van der Waals surface area contributed by atoms with E-state index in [0.717, 1.165) is 32.5 Å². The highest BCUT2D eigenvalue weighted by atomic mass is 19.1. The number of ether oxygens (including phenoxy) is 1. The molecule has 0 radical (unpaired) electrons. The van der Waals surface area contributed by atoms with E-state index in [2.05, 4.69) is 4.90 Å².